The summed E-state index contributed by atoms with van der Waals surface area (Å²) >= 11 is 14.0. The molecule has 0 amide bonds. The van der Waals surface area contributed by atoms with Crippen LogP contribution in [0.15, 0.2) is 0 Å². The van der Waals surface area contributed by atoms with E-state index in [9.17, 15) is 4.79 Å². The predicted molar refractivity (Wildman–Crippen MR) is 62.2 cm³/mol. The maximum atomic E-state index is 11.2. The van der Waals surface area contributed by atoms with Crippen molar-refractivity contribution in [3.63, 3.8) is 0 Å². The van der Waals surface area contributed by atoms with Gasteiger partial charge >= 0.3 is 5.97 Å². The van der Waals surface area contributed by atoms with E-state index in [1.807, 2.05) is 0 Å². The first kappa shape index (κ1) is 13.8. The van der Waals surface area contributed by atoms with Crippen LogP contribution in [0.3, 0.4) is 0 Å². The minimum atomic E-state index is -0.217. The van der Waals surface area contributed by atoms with Crippen molar-refractivity contribution in [2.75, 3.05) is 30.4 Å². The molecule has 0 fully saturated rings. The Morgan fingerprint density at radius 2 is 1.77 bits per heavy atom. The largest absolute Gasteiger partial charge is 0.468 e. The van der Waals surface area contributed by atoms with Crippen molar-refractivity contribution in [2.45, 2.75) is 4.58 Å². The van der Waals surface area contributed by atoms with Gasteiger partial charge in [0.05, 0.1) is 7.11 Å². The van der Waals surface area contributed by atoms with E-state index in [1.54, 1.807) is 0 Å². The van der Waals surface area contributed by atoms with E-state index in [1.165, 1.54) is 30.6 Å². The topological polar surface area (TPSA) is 26.3 Å². The Balaban J connectivity index is 3.79. The minimum absolute atomic E-state index is 0.192. The van der Waals surface area contributed by atoms with Crippen LogP contribution in [-0.4, -0.2) is 40.9 Å². The lowest BCUT2D eigenvalue weighted by Gasteiger charge is -2.11. The Hall–Kier alpha value is 0.750. The molecule has 0 aliphatic rings. The summed E-state index contributed by atoms with van der Waals surface area (Å²) < 4.78 is 4.45. The molecule has 0 saturated carbocycles. The zero-order valence-corrected chi connectivity index (χ0v) is 10.4. The second-order valence-corrected chi connectivity index (χ2v) is 5.45. The number of alkyl halides is 2. The normalized spacial score (nSPS) is 10.5. The van der Waals surface area contributed by atoms with Crippen molar-refractivity contribution < 1.29 is 9.53 Å². The number of thioether (sulfide) groups is 2. The zero-order chi connectivity index (χ0) is 10.1. The fourth-order valence-corrected chi connectivity index (χ4v) is 3.15. The maximum absolute atomic E-state index is 11.2. The molecule has 0 heterocycles. The summed E-state index contributed by atoms with van der Waals surface area (Å²) in [6, 6.07) is 0. The smallest absolute Gasteiger partial charge is 0.329 e. The molecule has 0 rings (SSSR count). The third kappa shape index (κ3) is 6.77. The van der Waals surface area contributed by atoms with E-state index >= 15 is 0 Å². The summed E-state index contributed by atoms with van der Waals surface area (Å²) in [5, 5.41) is 0. The van der Waals surface area contributed by atoms with E-state index < -0.39 is 0 Å². The lowest BCUT2D eigenvalue weighted by molar-refractivity contribution is -0.138. The molecule has 0 aromatic heterocycles. The van der Waals surface area contributed by atoms with Gasteiger partial charge in [0.2, 0.25) is 0 Å². The molecule has 0 aliphatic carbocycles. The highest BCUT2D eigenvalue weighted by Crippen LogP contribution is 2.25. The number of hydrogen-bond acceptors (Lipinski definition) is 4. The van der Waals surface area contributed by atoms with Gasteiger partial charge in [-0.25, -0.2) is 4.79 Å². The first-order valence-corrected chi connectivity index (χ1v) is 6.86. The number of carbonyl (C=O) groups is 1. The van der Waals surface area contributed by atoms with Crippen molar-refractivity contribution in [3.05, 3.63) is 0 Å². The van der Waals surface area contributed by atoms with Gasteiger partial charge in [0.25, 0.3) is 0 Å². The van der Waals surface area contributed by atoms with Gasteiger partial charge in [-0.2, -0.15) is 0 Å². The van der Waals surface area contributed by atoms with Crippen molar-refractivity contribution in [1.29, 1.82) is 0 Å². The number of methoxy groups -OCH3 is 1. The molecule has 0 bridgehead atoms. The summed E-state index contributed by atoms with van der Waals surface area (Å²) in [6.07, 6.45) is 0. The standard InChI is InChI=1S/C7H12Cl2O2S2/c1-11-6(10)7(12-4-2-8)13-5-3-9/h7H,2-5H2,1H3. The maximum Gasteiger partial charge on any atom is 0.329 e. The van der Waals surface area contributed by atoms with E-state index in [-0.39, 0.29) is 10.6 Å². The van der Waals surface area contributed by atoms with E-state index in [4.69, 9.17) is 23.2 Å². The summed E-state index contributed by atoms with van der Waals surface area (Å²) in [6.45, 7) is 0. The summed E-state index contributed by atoms with van der Waals surface area (Å²) in [7, 11) is 1.39. The Kier molecular flexibility index (Phi) is 9.85. The molecule has 0 spiro atoms. The summed E-state index contributed by atoms with van der Waals surface area (Å²) in [5.74, 6) is 2.36. The SMILES string of the molecule is COC(=O)C(SCCCl)SCCCl. The summed E-state index contributed by atoms with van der Waals surface area (Å²) in [5.41, 5.74) is 0. The van der Waals surface area contributed by atoms with Crippen LogP contribution in [0, 0.1) is 0 Å². The summed E-state index contributed by atoms with van der Waals surface area (Å²) in [4.78, 5) is 11.2. The van der Waals surface area contributed by atoms with Crippen LogP contribution in [0.1, 0.15) is 0 Å². The van der Waals surface area contributed by atoms with Crippen LogP contribution >= 0.6 is 46.7 Å². The van der Waals surface area contributed by atoms with Gasteiger partial charge in [-0.1, -0.05) is 0 Å². The monoisotopic (exact) mass is 262 g/mol. The fourth-order valence-electron chi connectivity index (χ4n) is 0.584. The van der Waals surface area contributed by atoms with Crippen LogP contribution < -0.4 is 0 Å². The van der Waals surface area contributed by atoms with Gasteiger partial charge in [-0.15, -0.1) is 46.7 Å². The second kappa shape index (κ2) is 9.31. The molecule has 13 heavy (non-hydrogen) atoms. The molecule has 2 nitrogen and oxygen atoms in total. The quantitative estimate of drug-likeness (QED) is 0.400. The van der Waals surface area contributed by atoms with Gasteiger partial charge in [0.15, 0.2) is 0 Å². The Morgan fingerprint density at radius 1 is 1.31 bits per heavy atom. The van der Waals surface area contributed by atoms with Crippen LogP contribution in [0.2, 0.25) is 0 Å². The molecule has 0 unspecified atom stereocenters. The average molecular weight is 263 g/mol. The average Bonchev–Trinajstić information content (AvgIpc) is 2.17. The highest BCUT2D eigenvalue weighted by molar-refractivity contribution is 8.18. The molecule has 0 saturated heterocycles. The molecule has 78 valence electrons. The lowest BCUT2D eigenvalue weighted by atomic mass is 10.8. The van der Waals surface area contributed by atoms with Gasteiger partial charge in [-0.3, -0.25) is 0 Å². The van der Waals surface area contributed by atoms with Crippen molar-refractivity contribution in [3.8, 4) is 0 Å². The minimum Gasteiger partial charge on any atom is -0.468 e. The van der Waals surface area contributed by atoms with E-state index in [2.05, 4.69) is 4.74 Å². The van der Waals surface area contributed by atoms with Gasteiger partial charge < -0.3 is 4.74 Å². The van der Waals surface area contributed by atoms with Crippen molar-refractivity contribution >= 4 is 52.7 Å². The first-order chi connectivity index (χ1) is 6.26. The third-order valence-corrected chi connectivity index (χ3v) is 4.60. The van der Waals surface area contributed by atoms with E-state index in [0.29, 0.717) is 11.8 Å². The van der Waals surface area contributed by atoms with Crippen molar-refractivity contribution in [2.24, 2.45) is 0 Å². The fraction of sp³-hybridized carbons (Fsp3) is 0.857. The van der Waals surface area contributed by atoms with Crippen molar-refractivity contribution in [1.82, 2.24) is 0 Å². The third-order valence-electron chi connectivity index (χ3n) is 1.09. The number of halogens is 2. The van der Waals surface area contributed by atoms with Crippen LogP contribution in [0.25, 0.3) is 0 Å². The molecule has 0 aromatic rings. The van der Waals surface area contributed by atoms with Crippen LogP contribution in [-0.2, 0) is 9.53 Å². The zero-order valence-electron chi connectivity index (χ0n) is 7.29. The van der Waals surface area contributed by atoms with Gasteiger partial charge in [0, 0.05) is 23.3 Å². The predicted octanol–water partition coefficient (Wildman–Crippen LogP) is 2.43. The highest BCUT2D eigenvalue weighted by atomic mass is 35.5. The number of rotatable bonds is 7. The van der Waals surface area contributed by atoms with E-state index in [0.717, 1.165) is 11.5 Å². The number of esters is 1. The van der Waals surface area contributed by atoms with Gasteiger partial charge in [0.1, 0.15) is 4.58 Å². The second-order valence-electron chi connectivity index (χ2n) is 1.97. The Labute approximate surface area is 97.1 Å². The highest BCUT2D eigenvalue weighted by Gasteiger charge is 2.19. The Bertz CT molecular complexity index is 138. The van der Waals surface area contributed by atoms with Crippen LogP contribution in [0.5, 0.6) is 0 Å². The molecule has 0 radical (unpaired) electrons. The van der Waals surface area contributed by atoms with Crippen LogP contribution in [0.4, 0.5) is 0 Å². The lowest BCUT2D eigenvalue weighted by Crippen LogP contribution is -2.16. The molecular weight excluding hydrogens is 251 g/mol. The molecule has 0 aliphatic heterocycles. The van der Waals surface area contributed by atoms with Gasteiger partial charge in [-0.05, 0) is 0 Å². The first-order valence-electron chi connectivity index (χ1n) is 3.69. The molecule has 0 atom stereocenters. The molecule has 0 aromatic carbocycles. The Morgan fingerprint density at radius 3 is 2.08 bits per heavy atom. The number of hydrogen-bond donors (Lipinski definition) is 0. The molecule has 0 N–H and O–H groups in total. The number of carbonyl (C=O) groups excluding carboxylic acids is 1. The molecular formula is C7H12Cl2O2S2. The number of ether oxygens (including phenoxy) is 1. The molecule has 6 heteroatoms.